The van der Waals surface area contributed by atoms with E-state index in [9.17, 15) is 14.4 Å². The van der Waals surface area contributed by atoms with E-state index in [1.165, 1.54) is 9.58 Å². The zero-order valence-electron chi connectivity index (χ0n) is 14.0. The highest BCUT2D eigenvalue weighted by Gasteiger charge is 2.22. The Labute approximate surface area is 139 Å². The van der Waals surface area contributed by atoms with Gasteiger partial charge in [-0.3, -0.25) is 14.4 Å². The van der Waals surface area contributed by atoms with Gasteiger partial charge in [-0.1, -0.05) is 32.0 Å². The van der Waals surface area contributed by atoms with Gasteiger partial charge in [-0.15, -0.1) is 0 Å². The summed E-state index contributed by atoms with van der Waals surface area (Å²) in [5.74, 6) is -1.40. The maximum Gasteiger partial charge on any atom is 0.323 e. The molecule has 0 saturated carbocycles. The lowest BCUT2D eigenvalue weighted by atomic mass is 10.1. The van der Waals surface area contributed by atoms with Crippen LogP contribution in [0.15, 0.2) is 29.1 Å². The largest absolute Gasteiger partial charge is 0.480 e. The number of nitrogens with zero attached hydrogens (tertiary/aromatic N) is 3. The van der Waals surface area contributed by atoms with Crippen molar-refractivity contribution in [1.29, 1.82) is 0 Å². The van der Waals surface area contributed by atoms with Gasteiger partial charge < -0.3 is 10.0 Å². The molecule has 0 aliphatic carbocycles. The Bertz CT molecular complexity index is 826. The molecule has 2 aromatic rings. The van der Waals surface area contributed by atoms with Crippen LogP contribution in [0.4, 0.5) is 0 Å². The van der Waals surface area contributed by atoms with Crippen LogP contribution in [0.3, 0.4) is 0 Å². The number of aliphatic carboxylic acids is 1. The molecule has 128 valence electrons. The van der Waals surface area contributed by atoms with Gasteiger partial charge in [0, 0.05) is 18.5 Å². The van der Waals surface area contributed by atoms with Crippen molar-refractivity contribution in [3.05, 3.63) is 40.3 Å². The van der Waals surface area contributed by atoms with Crippen LogP contribution in [0.2, 0.25) is 0 Å². The summed E-state index contributed by atoms with van der Waals surface area (Å²) in [4.78, 5) is 37.5. The van der Waals surface area contributed by atoms with Crippen molar-refractivity contribution in [3.8, 4) is 0 Å². The lowest BCUT2D eigenvalue weighted by Gasteiger charge is -2.20. The van der Waals surface area contributed by atoms with Gasteiger partial charge in [0.2, 0.25) is 0 Å². The van der Waals surface area contributed by atoms with E-state index in [4.69, 9.17) is 5.11 Å². The Balaban J connectivity index is 2.63. The van der Waals surface area contributed by atoms with Gasteiger partial charge in [0.15, 0.2) is 5.69 Å². The molecule has 0 bridgehead atoms. The van der Waals surface area contributed by atoms with Gasteiger partial charge in [-0.25, -0.2) is 4.68 Å². The van der Waals surface area contributed by atoms with Gasteiger partial charge >= 0.3 is 5.97 Å². The fourth-order valence-electron chi connectivity index (χ4n) is 2.50. The summed E-state index contributed by atoms with van der Waals surface area (Å²) >= 11 is 0. The minimum absolute atomic E-state index is 0.106. The molecule has 0 unspecified atom stereocenters. The molecule has 7 nitrogen and oxygen atoms in total. The Kier molecular flexibility index (Phi) is 5.33. The number of likely N-dealkylation sites (N-methyl/N-ethyl adjacent to an activating group) is 1. The molecule has 24 heavy (non-hydrogen) atoms. The van der Waals surface area contributed by atoms with E-state index >= 15 is 0 Å². The topological polar surface area (TPSA) is 92.5 Å². The van der Waals surface area contributed by atoms with Crippen molar-refractivity contribution in [2.24, 2.45) is 5.92 Å². The summed E-state index contributed by atoms with van der Waals surface area (Å²) in [6.07, 6.45) is 0. The van der Waals surface area contributed by atoms with Crippen molar-refractivity contribution < 1.29 is 14.7 Å². The molecular formula is C17H21N3O4. The zero-order chi connectivity index (χ0) is 17.9. The zero-order valence-corrected chi connectivity index (χ0v) is 14.0. The SMILES string of the molecule is CCN(CC(=O)O)C(=O)c1nn(CC(C)C)c(=O)c2ccccc12. The number of fused-ring (bicyclic) bond motifs is 1. The Morgan fingerprint density at radius 1 is 1.25 bits per heavy atom. The van der Waals surface area contributed by atoms with Crippen LogP contribution in [-0.4, -0.2) is 44.8 Å². The first-order valence-electron chi connectivity index (χ1n) is 7.86. The van der Waals surface area contributed by atoms with E-state index in [1.807, 2.05) is 13.8 Å². The Morgan fingerprint density at radius 3 is 2.42 bits per heavy atom. The predicted molar refractivity (Wildman–Crippen MR) is 90.1 cm³/mol. The van der Waals surface area contributed by atoms with E-state index in [2.05, 4.69) is 5.10 Å². The van der Waals surface area contributed by atoms with Crippen molar-refractivity contribution in [3.63, 3.8) is 0 Å². The van der Waals surface area contributed by atoms with Crippen molar-refractivity contribution in [2.75, 3.05) is 13.1 Å². The van der Waals surface area contributed by atoms with Crippen LogP contribution in [0.5, 0.6) is 0 Å². The summed E-state index contributed by atoms with van der Waals surface area (Å²) in [6, 6.07) is 6.76. The second-order valence-electron chi connectivity index (χ2n) is 5.99. The molecule has 1 heterocycles. The van der Waals surface area contributed by atoms with Crippen LogP contribution < -0.4 is 5.56 Å². The number of aromatic nitrogens is 2. The van der Waals surface area contributed by atoms with E-state index in [0.717, 1.165) is 0 Å². The van der Waals surface area contributed by atoms with Gasteiger partial charge in [-0.05, 0) is 18.9 Å². The van der Waals surface area contributed by atoms with E-state index in [1.54, 1.807) is 31.2 Å². The molecule has 0 atom stereocenters. The third-order valence-corrected chi connectivity index (χ3v) is 3.60. The second kappa shape index (κ2) is 7.25. The quantitative estimate of drug-likeness (QED) is 0.868. The van der Waals surface area contributed by atoms with Crippen LogP contribution in [0.1, 0.15) is 31.3 Å². The second-order valence-corrected chi connectivity index (χ2v) is 5.99. The average molecular weight is 331 g/mol. The number of carboxylic acid groups (broad SMARTS) is 1. The van der Waals surface area contributed by atoms with Crippen molar-refractivity contribution >= 4 is 22.6 Å². The number of carbonyl (C=O) groups is 2. The summed E-state index contributed by atoms with van der Waals surface area (Å²) in [5.41, 5.74) is -0.147. The van der Waals surface area contributed by atoms with E-state index < -0.39 is 18.4 Å². The minimum atomic E-state index is -1.09. The summed E-state index contributed by atoms with van der Waals surface area (Å²) in [7, 11) is 0. The van der Waals surface area contributed by atoms with Gasteiger partial charge in [-0.2, -0.15) is 5.10 Å². The first-order valence-corrected chi connectivity index (χ1v) is 7.86. The molecule has 0 saturated heterocycles. The maximum atomic E-state index is 12.8. The normalized spacial score (nSPS) is 11.0. The maximum absolute atomic E-state index is 12.8. The predicted octanol–water partition coefficient (Wildman–Crippen LogP) is 1.60. The molecule has 0 spiro atoms. The summed E-state index contributed by atoms with van der Waals surface area (Å²) in [6.45, 7) is 5.82. The van der Waals surface area contributed by atoms with E-state index in [-0.39, 0.29) is 23.7 Å². The van der Waals surface area contributed by atoms with Crippen molar-refractivity contribution in [2.45, 2.75) is 27.3 Å². The number of hydrogen-bond donors (Lipinski definition) is 1. The van der Waals surface area contributed by atoms with Gasteiger partial charge in [0.1, 0.15) is 6.54 Å². The third-order valence-electron chi connectivity index (χ3n) is 3.60. The molecule has 2 rings (SSSR count). The average Bonchev–Trinajstić information content (AvgIpc) is 2.54. The first-order chi connectivity index (χ1) is 11.3. The highest BCUT2D eigenvalue weighted by atomic mass is 16.4. The molecule has 1 N–H and O–H groups in total. The number of amides is 1. The lowest BCUT2D eigenvalue weighted by Crippen LogP contribution is -2.38. The van der Waals surface area contributed by atoms with Crippen molar-refractivity contribution in [1.82, 2.24) is 14.7 Å². The third kappa shape index (κ3) is 3.61. The standard InChI is InChI=1S/C17H21N3O4/c1-4-19(10-14(21)22)17(24)15-12-7-5-6-8-13(12)16(23)20(18-15)9-11(2)3/h5-8,11H,4,9-10H2,1-3H3,(H,21,22). The smallest absolute Gasteiger partial charge is 0.323 e. The number of carbonyl (C=O) groups excluding carboxylic acids is 1. The Hall–Kier alpha value is -2.70. The number of benzene rings is 1. The molecular weight excluding hydrogens is 310 g/mol. The fraction of sp³-hybridized carbons (Fsp3) is 0.412. The molecule has 0 aliphatic rings. The lowest BCUT2D eigenvalue weighted by molar-refractivity contribution is -0.137. The van der Waals surface area contributed by atoms with E-state index in [0.29, 0.717) is 17.3 Å². The Morgan fingerprint density at radius 2 is 1.88 bits per heavy atom. The minimum Gasteiger partial charge on any atom is -0.480 e. The first kappa shape index (κ1) is 17.7. The van der Waals surface area contributed by atoms with Gasteiger partial charge in [0.05, 0.1) is 5.39 Å². The summed E-state index contributed by atoms with van der Waals surface area (Å²) < 4.78 is 1.29. The number of carboxylic acids is 1. The monoisotopic (exact) mass is 331 g/mol. The van der Waals surface area contributed by atoms with Crippen LogP contribution >= 0.6 is 0 Å². The highest BCUT2D eigenvalue weighted by Crippen LogP contribution is 2.15. The molecule has 0 fully saturated rings. The fourth-order valence-corrected chi connectivity index (χ4v) is 2.50. The van der Waals surface area contributed by atoms with Gasteiger partial charge in [0.25, 0.3) is 11.5 Å². The summed E-state index contributed by atoms with van der Waals surface area (Å²) in [5, 5.41) is 14.1. The molecule has 0 radical (unpaired) electrons. The van der Waals surface area contributed by atoms with Crippen LogP contribution in [0.25, 0.3) is 10.8 Å². The number of rotatable bonds is 6. The molecule has 1 aromatic carbocycles. The number of hydrogen-bond acceptors (Lipinski definition) is 4. The molecule has 7 heteroatoms. The van der Waals surface area contributed by atoms with Crippen LogP contribution in [-0.2, 0) is 11.3 Å². The highest BCUT2D eigenvalue weighted by molar-refractivity contribution is 6.05. The molecule has 1 amide bonds. The molecule has 1 aromatic heterocycles. The van der Waals surface area contributed by atoms with Crippen LogP contribution in [0, 0.1) is 5.92 Å². The molecule has 0 aliphatic heterocycles.